The molecule has 5 heteroatoms. The fourth-order valence-electron chi connectivity index (χ4n) is 3.50. The average molecular weight is 419 g/mol. The first-order valence-electron chi connectivity index (χ1n) is 10.5. The van der Waals surface area contributed by atoms with Crippen LogP contribution >= 0.6 is 0 Å². The van der Waals surface area contributed by atoms with Crippen LogP contribution in [0.25, 0.3) is 0 Å². The molecule has 0 radical (unpaired) electrons. The molecule has 0 bridgehead atoms. The molecule has 2 N–H and O–H groups in total. The molecule has 0 aliphatic heterocycles. The van der Waals surface area contributed by atoms with E-state index in [1.807, 2.05) is 54.6 Å². The molecule has 1 amide bonds. The summed E-state index contributed by atoms with van der Waals surface area (Å²) in [4.78, 5) is 12.4. The molecule has 0 heterocycles. The van der Waals surface area contributed by atoms with Crippen molar-refractivity contribution in [2.45, 2.75) is 18.9 Å². The molecule has 0 saturated carbocycles. The van der Waals surface area contributed by atoms with Gasteiger partial charge >= 0.3 is 0 Å². The van der Waals surface area contributed by atoms with E-state index in [1.165, 1.54) is 11.1 Å². The van der Waals surface area contributed by atoms with Gasteiger partial charge in [-0.15, -0.1) is 0 Å². The lowest BCUT2D eigenvalue weighted by Crippen LogP contribution is -2.37. The van der Waals surface area contributed by atoms with Crippen LogP contribution in [0, 0.1) is 0 Å². The van der Waals surface area contributed by atoms with Gasteiger partial charge in [-0.1, -0.05) is 66.7 Å². The van der Waals surface area contributed by atoms with Gasteiger partial charge in [0.25, 0.3) is 0 Å². The lowest BCUT2D eigenvalue weighted by Gasteiger charge is -2.19. The molecule has 31 heavy (non-hydrogen) atoms. The number of hydrogen-bond donors (Lipinski definition) is 2. The molecule has 5 nitrogen and oxygen atoms in total. The number of carbonyl (C=O) groups excluding carboxylic acids is 1. The molecule has 3 rings (SSSR count). The molecule has 162 valence electrons. The first kappa shape index (κ1) is 22.4. The smallest absolute Gasteiger partial charge is 0.233 e. The van der Waals surface area contributed by atoms with Gasteiger partial charge in [0.2, 0.25) is 5.91 Å². The van der Waals surface area contributed by atoms with Crippen LogP contribution in [0.5, 0.6) is 11.5 Å². The summed E-state index contributed by atoms with van der Waals surface area (Å²) in [5.74, 6) is 1.37. The summed E-state index contributed by atoms with van der Waals surface area (Å²) in [6.07, 6.45) is 1.54. The molecule has 1 unspecified atom stereocenters. The van der Waals surface area contributed by atoms with Crippen molar-refractivity contribution >= 4 is 5.91 Å². The third-order valence-electron chi connectivity index (χ3n) is 5.18. The number of hydrogen-bond acceptors (Lipinski definition) is 4. The summed E-state index contributed by atoms with van der Waals surface area (Å²) >= 11 is 0. The van der Waals surface area contributed by atoms with Gasteiger partial charge in [0.15, 0.2) is 11.5 Å². The van der Waals surface area contributed by atoms with Gasteiger partial charge in [0, 0.05) is 12.6 Å². The largest absolute Gasteiger partial charge is 0.493 e. The van der Waals surface area contributed by atoms with Gasteiger partial charge in [-0.3, -0.25) is 4.79 Å². The van der Waals surface area contributed by atoms with Crippen LogP contribution < -0.4 is 20.1 Å². The molecule has 0 aromatic heterocycles. The van der Waals surface area contributed by atoms with E-state index >= 15 is 0 Å². The highest BCUT2D eigenvalue weighted by Gasteiger charge is 2.13. The Morgan fingerprint density at radius 2 is 1.52 bits per heavy atom. The zero-order valence-electron chi connectivity index (χ0n) is 18.1. The van der Waals surface area contributed by atoms with Crippen LogP contribution in [0.15, 0.2) is 78.9 Å². The average Bonchev–Trinajstić information content (AvgIpc) is 2.82. The summed E-state index contributed by atoms with van der Waals surface area (Å²) < 4.78 is 10.6. The maximum absolute atomic E-state index is 12.4. The molecule has 0 aliphatic rings. The van der Waals surface area contributed by atoms with E-state index in [0.29, 0.717) is 18.0 Å². The van der Waals surface area contributed by atoms with Gasteiger partial charge in [0.05, 0.1) is 20.8 Å². The molecule has 3 aromatic rings. The Balaban J connectivity index is 1.51. The van der Waals surface area contributed by atoms with E-state index in [4.69, 9.17) is 9.47 Å². The minimum atomic E-state index is -0.0190. The number of rotatable bonds is 11. The number of amides is 1. The van der Waals surface area contributed by atoms with Crippen molar-refractivity contribution in [3.8, 4) is 11.5 Å². The predicted molar refractivity (Wildman–Crippen MR) is 124 cm³/mol. The summed E-state index contributed by atoms with van der Waals surface area (Å²) in [6, 6.07) is 26.4. The Bertz CT molecular complexity index is 945. The molecule has 1 atom stereocenters. The number of carbonyl (C=O) groups is 1. The first-order valence-corrected chi connectivity index (χ1v) is 10.5. The van der Waals surface area contributed by atoms with E-state index < -0.39 is 0 Å². The first-order chi connectivity index (χ1) is 15.2. The minimum absolute atomic E-state index is 0.0190. The van der Waals surface area contributed by atoms with E-state index in [-0.39, 0.29) is 18.5 Å². The van der Waals surface area contributed by atoms with Crippen molar-refractivity contribution in [2.75, 3.05) is 27.3 Å². The summed E-state index contributed by atoms with van der Waals surface area (Å²) in [6.45, 7) is 0.822. The standard InChI is InChI=1S/C26H30N2O3/c1-30-24-14-13-21(18-25(24)31-2)15-16-27-26(29)19-28-23(22-11-7-4-8-12-22)17-20-9-5-3-6-10-20/h3-14,18,23,28H,15-17,19H2,1-2H3,(H,27,29). The number of benzene rings is 3. The van der Waals surface area contributed by atoms with Crippen molar-refractivity contribution in [2.24, 2.45) is 0 Å². The van der Waals surface area contributed by atoms with Crippen molar-refractivity contribution in [3.63, 3.8) is 0 Å². The highest BCUT2D eigenvalue weighted by Crippen LogP contribution is 2.27. The third kappa shape index (κ3) is 6.86. The maximum Gasteiger partial charge on any atom is 0.233 e. The van der Waals surface area contributed by atoms with E-state index in [9.17, 15) is 4.79 Å². The molecule has 3 aromatic carbocycles. The maximum atomic E-state index is 12.4. The monoisotopic (exact) mass is 418 g/mol. The van der Waals surface area contributed by atoms with Gasteiger partial charge < -0.3 is 20.1 Å². The van der Waals surface area contributed by atoms with Gasteiger partial charge in [-0.25, -0.2) is 0 Å². The van der Waals surface area contributed by atoms with E-state index in [2.05, 4.69) is 34.9 Å². The number of methoxy groups -OCH3 is 2. The summed E-state index contributed by atoms with van der Waals surface area (Å²) in [7, 11) is 3.24. The van der Waals surface area contributed by atoms with Crippen LogP contribution in [0.1, 0.15) is 22.7 Å². The molecular formula is C26H30N2O3. The normalized spacial score (nSPS) is 11.5. The number of ether oxygens (including phenoxy) is 2. The Morgan fingerprint density at radius 1 is 0.839 bits per heavy atom. The topological polar surface area (TPSA) is 59.6 Å². The molecular weight excluding hydrogens is 388 g/mol. The molecule has 0 saturated heterocycles. The Morgan fingerprint density at radius 3 is 2.19 bits per heavy atom. The zero-order chi connectivity index (χ0) is 21.9. The van der Waals surface area contributed by atoms with Crippen LogP contribution in [0.4, 0.5) is 0 Å². The quantitative estimate of drug-likeness (QED) is 0.495. The summed E-state index contributed by atoms with van der Waals surface area (Å²) in [5, 5.41) is 6.41. The lowest BCUT2D eigenvalue weighted by molar-refractivity contribution is -0.120. The van der Waals surface area contributed by atoms with Gasteiger partial charge in [0.1, 0.15) is 0 Å². The Hall–Kier alpha value is -3.31. The van der Waals surface area contributed by atoms with Gasteiger partial charge in [-0.2, -0.15) is 0 Å². The van der Waals surface area contributed by atoms with E-state index in [0.717, 1.165) is 18.4 Å². The molecule has 0 fully saturated rings. The third-order valence-corrected chi connectivity index (χ3v) is 5.18. The highest BCUT2D eigenvalue weighted by molar-refractivity contribution is 5.78. The van der Waals surface area contributed by atoms with Crippen LogP contribution in [-0.4, -0.2) is 33.2 Å². The minimum Gasteiger partial charge on any atom is -0.493 e. The summed E-state index contributed by atoms with van der Waals surface area (Å²) in [5.41, 5.74) is 3.49. The van der Waals surface area contributed by atoms with Crippen LogP contribution in [0.3, 0.4) is 0 Å². The molecule has 0 spiro atoms. The van der Waals surface area contributed by atoms with Crippen LogP contribution in [0.2, 0.25) is 0 Å². The van der Waals surface area contributed by atoms with Gasteiger partial charge in [-0.05, 0) is 41.7 Å². The second-order valence-corrected chi connectivity index (χ2v) is 7.32. The van der Waals surface area contributed by atoms with Crippen molar-refractivity contribution in [1.29, 1.82) is 0 Å². The molecule has 0 aliphatic carbocycles. The zero-order valence-corrected chi connectivity index (χ0v) is 18.1. The SMILES string of the molecule is COc1ccc(CCNC(=O)CNC(Cc2ccccc2)c2ccccc2)cc1OC. The number of nitrogens with one attached hydrogen (secondary N) is 2. The van der Waals surface area contributed by atoms with Crippen molar-refractivity contribution in [1.82, 2.24) is 10.6 Å². The predicted octanol–water partition coefficient (Wildman–Crippen LogP) is 3.94. The highest BCUT2D eigenvalue weighted by atomic mass is 16.5. The van der Waals surface area contributed by atoms with Crippen molar-refractivity contribution in [3.05, 3.63) is 95.6 Å². The van der Waals surface area contributed by atoms with E-state index in [1.54, 1.807) is 14.2 Å². The Labute approximate surface area is 184 Å². The second-order valence-electron chi connectivity index (χ2n) is 7.32. The second kappa shape index (κ2) is 11.8. The van der Waals surface area contributed by atoms with Crippen molar-refractivity contribution < 1.29 is 14.3 Å². The van der Waals surface area contributed by atoms with Crippen LogP contribution in [-0.2, 0) is 17.6 Å². The lowest BCUT2D eigenvalue weighted by atomic mass is 9.99. The fourth-order valence-corrected chi connectivity index (χ4v) is 3.50. The Kier molecular flexibility index (Phi) is 8.49. The fraction of sp³-hybridized carbons (Fsp3) is 0.269.